The average molecular weight is 230 g/mol. The summed E-state index contributed by atoms with van der Waals surface area (Å²) in [6, 6.07) is 0.470. The van der Waals surface area contributed by atoms with Gasteiger partial charge in [0.25, 0.3) is 0 Å². The lowest BCUT2D eigenvalue weighted by Gasteiger charge is -2.14. The fourth-order valence-corrected chi connectivity index (χ4v) is 1.91. The van der Waals surface area contributed by atoms with E-state index in [1.54, 1.807) is 0 Å². The van der Waals surface area contributed by atoms with Crippen LogP contribution in [0.4, 0.5) is 0 Å². The highest BCUT2D eigenvalue weighted by Crippen LogP contribution is 2.04. The second-order valence-corrected chi connectivity index (χ2v) is 4.82. The van der Waals surface area contributed by atoms with E-state index in [0.29, 0.717) is 6.04 Å². The van der Waals surface area contributed by atoms with Crippen molar-refractivity contribution in [1.29, 1.82) is 0 Å². The first-order valence-electron chi connectivity index (χ1n) is 5.43. The lowest BCUT2D eigenvalue weighted by Crippen LogP contribution is -2.30. The summed E-state index contributed by atoms with van der Waals surface area (Å²) in [5.74, 6) is 1.12. The van der Waals surface area contributed by atoms with Crippen LogP contribution in [-0.4, -0.2) is 27.5 Å². The van der Waals surface area contributed by atoms with Gasteiger partial charge in [0.1, 0.15) is 5.82 Å². The van der Waals surface area contributed by atoms with Crippen LogP contribution in [0.5, 0.6) is 0 Å². The summed E-state index contributed by atoms with van der Waals surface area (Å²) in [6.07, 6.45) is 5.77. The summed E-state index contributed by atoms with van der Waals surface area (Å²) in [4.78, 5) is 4.27. The molecule has 0 saturated carbocycles. The zero-order chi connectivity index (χ0) is 11.3. The molecule has 1 aromatic rings. The summed E-state index contributed by atoms with van der Waals surface area (Å²) in [6.45, 7) is 5.14. The van der Waals surface area contributed by atoms with E-state index in [2.05, 4.69) is 21.8 Å². The number of halogens is 1. The molecule has 0 spiro atoms. The quantitative estimate of drug-likeness (QED) is 0.756. The van der Waals surface area contributed by atoms with Crippen LogP contribution >= 0.6 is 11.6 Å². The third-order valence-corrected chi connectivity index (χ3v) is 2.62. The molecule has 0 saturated heterocycles. The summed E-state index contributed by atoms with van der Waals surface area (Å²) >= 11 is 5.92. The summed E-state index contributed by atoms with van der Waals surface area (Å²) in [5.41, 5.74) is 0. The molecule has 0 fully saturated rings. The highest BCUT2D eigenvalue weighted by molar-refractivity contribution is 6.20. The van der Waals surface area contributed by atoms with Crippen LogP contribution in [0.15, 0.2) is 12.4 Å². The van der Waals surface area contributed by atoms with Gasteiger partial charge in [0, 0.05) is 43.8 Å². The average Bonchev–Trinajstić information content (AvgIpc) is 2.50. The Kier molecular flexibility index (Phi) is 5.12. The van der Waals surface area contributed by atoms with Crippen LogP contribution in [0.3, 0.4) is 0 Å². The molecule has 4 heteroatoms. The van der Waals surface area contributed by atoms with E-state index in [-0.39, 0.29) is 5.38 Å². The van der Waals surface area contributed by atoms with Gasteiger partial charge < -0.3 is 9.88 Å². The second-order valence-electron chi connectivity index (χ2n) is 4.08. The van der Waals surface area contributed by atoms with Gasteiger partial charge in [-0.25, -0.2) is 4.98 Å². The number of imidazole rings is 1. The first-order valence-corrected chi connectivity index (χ1v) is 5.87. The van der Waals surface area contributed by atoms with Crippen LogP contribution in [0.1, 0.15) is 26.1 Å². The van der Waals surface area contributed by atoms with Gasteiger partial charge in [-0.05, 0) is 20.3 Å². The molecule has 0 aliphatic carbocycles. The van der Waals surface area contributed by atoms with Crippen LogP contribution in [-0.2, 0) is 13.5 Å². The molecule has 0 aliphatic heterocycles. The van der Waals surface area contributed by atoms with Crippen LogP contribution < -0.4 is 5.32 Å². The summed E-state index contributed by atoms with van der Waals surface area (Å²) < 4.78 is 2.05. The number of alkyl halides is 1. The minimum absolute atomic E-state index is 0.237. The molecule has 0 bridgehead atoms. The number of hydrogen-bond donors (Lipinski definition) is 1. The van der Waals surface area contributed by atoms with Crippen molar-refractivity contribution in [2.75, 3.05) is 6.54 Å². The number of hydrogen-bond acceptors (Lipinski definition) is 2. The normalized spacial score (nSPS) is 15.2. The van der Waals surface area contributed by atoms with Gasteiger partial charge in [-0.3, -0.25) is 0 Å². The minimum atomic E-state index is 0.237. The van der Waals surface area contributed by atoms with E-state index in [0.717, 1.165) is 25.2 Å². The Labute approximate surface area is 96.8 Å². The molecular formula is C11H20ClN3. The predicted octanol–water partition coefficient (Wildman–Crippen LogP) is 1.96. The van der Waals surface area contributed by atoms with Crippen molar-refractivity contribution in [3.05, 3.63) is 18.2 Å². The van der Waals surface area contributed by atoms with Crippen molar-refractivity contribution in [2.45, 2.75) is 38.1 Å². The number of aryl methyl sites for hydroxylation is 1. The Bertz CT molecular complexity index is 283. The number of nitrogens with zero attached hydrogens (tertiary/aromatic N) is 2. The molecule has 1 heterocycles. The SMILES string of the molecule is CC(Cl)CC(C)NCCc1nccn1C. The Hall–Kier alpha value is -0.540. The largest absolute Gasteiger partial charge is 0.338 e. The summed E-state index contributed by atoms with van der Waals surface area (Å²) in [5, 5.41) is 3.68. The number of nitrogens with one attached hydrogen (secondary N) is 1. The number of rotatable bonds is 6. The first-order chi connectivity index (χ1) is 7.09. The van der Waals surface area contributed by atoms with E-state index in [1.807, 2.05) is 26.4 Å². The molecule has 0 aliphatic rings. The van der Waals surface area contributed by atoms with Crippen molar-refractivity contribution >= 4 is 11.6 Å². The zero-order valence-electron chi connectivity index (χ0n) is 9.70. The van der Waals surface area contributed by atoms with Gasteiger partial charge in [0.05, 0.1) is 0 Å². The molecule has 3 nitrogen and oxygen atoms in total. The van der Waals surface area contributed by atoms with Gasteiger partial charge in [0.2, 0.25) is 0 Å². The molecule has 0 aromatic carbocycles. The van der Waals surface area contributed by atoms with Gasteiger partial charge in [-0.15, -0.1) is 11.6 Å². The Morgan fingerprint density at radius 3 is 2.80 bits per heavy atom. The van der Waals surface area contributed by atoms with Crippen LogP contribution in [0, 0.1) is 0 Å². The van der Waals surface area contributed by atoms with Gasteiger partial charge in [-0.1, -0.05) is 0 Å². The van der Waals surface area contributed by atoms with E-state index in [4.69, 9.17) is 11.6 Å². The molecule has 1 rings (SSSR count). The van der Waals surface area contributed by atoms with E-state index >= 15 is 0 Å². The second kappa shape index (κ2) is 6.13. The molecular weight excluding hydrogens is 210 g/mol. The molecule has 1 N–H and O–H groups in total. The topological polar surface area (TPSA) is 29.9 Å². The van der Waals surface area contributed by atoms with Crippen molar-refractivity contribution in [2.24, 2.45) is 7.05 Å². The third-order valence-electron chi connectivity index (χ3n) is 2.44. The Morgan fingerprint density at radius 2 is 2.27 bits per heavy atom. The van der Waals surface area contributed by atoms with E-state index in [9.17, 15) is 0 Å². The van der Waals surface area contributed by atoms with Crippen molar-refractivity contribution in [1.82, 2.24) is 14.9 Å². The predicted molar refractivity (Wildman–Crippen MR) is 64.3 cm³/mol. The highest BCUT2D eigenvalue weighted by atomic mass is 35.5. The Balaban J connectivity index is 2.19. The lowest BCUT2D eigenvalue weighted by atomic mass is 10.2. The van der Waals surface area contributed by atoms with Gasteiger partial charge >= 0.3 is 0 Å². The third kappa shape index (κ3) is 4.67. The molecule has 1 aromatic heterocycles. The number of aromatic nitrogens is 2. The lowest BCUT2D eigenvalue weighted by molar-refractivity contribution is 0.509. The van der Waals surface area contributed by atoms with Crippen molar-refractivity contribution < 1.29 is 0 Å². The van der Waals surface area contributed by atoms with E-state index in [1.165, 1.54) is 0 Å². The maximum atomic E-state index is 5.92. The molecule has 0 amide bonds. The minimum Gasteiger partial charge on any atom is -0.338 e. The summed E-state index contributed by atoms with van der Waals surface area (Å²) in [7, 11) is 2.02. The Morgan fingerprint density at radius 1 is 1.53 bits per heavy atom. The van der Waals surface area contributed by atoms with Crippen molar-refractivity contribution in [3.63, 3.8) is 0 Å². The smallest absolute Gasteiger partial charge is 0.109 e. The van der Waals surface area contributed by atoms with Crippen LogP contribution in [0.2, 0.25) is 0 Å². The first kappa shape index (κ1) is 12.5. The molecule has 0 radical (unpaired) electrons. The standard InChI is InChI=1S/C11H20ClN3/c1-9(12)8-10(2)13-5-4-11-14-6-7-15(11)3/h6-7,9-10,13H,4-5,8H2,1-3H3. The maximum absolute atomic E-state index is 5.92. The maximum Gasteiger partial charge on any atom is 0.109 e. The molecule has 15 heavy (non-hydrogen) atoms. The van der Waals surface area contributed by atoms with Gasteiger partial charge in [-0.2, -0.15) is 0 Å². The van der Waals surface area contributed by atoms with Gasteiger partial charge in [0.15, 0.2) is 0 Å². The molecule has 2 atom stereocenters. The fourth-order valence-electron chi connectivity index (χ4n) is 1.64. The zero-order valence-corrected chi connectivity index (χ0v) is 10.5. The van der Waals surface area contributed by atoms with Crippen molar-refractivity contribution in [3.8, 4) is 0 Å². The fraction of sp³-hybridized carbons (Fsp3) is 0.727. The molecule has 2 unspecified atom stereocenters. The van der Waals surface area contributed by atoms with E-state index < -0.39 is 0 Å². The highest BCUT2D eigenvalue weighted by Gasteiger charge is 2.05. The molecule has 86 valence electrons. The monoisotopic (exact) mass is 229 g/mol. The van der Waals surface area contributed by atoms with Crippen LogP contribution in [0.25, 0.3) is 0 Å².